The molecule has 1 unspecified atom stereocenters. The molecule has 152 valence electrons. The molecule has 10 nitrogen and oxygen atoms in total. The van der Waals surface area contributed by atoms with E-state index in [4.69, 9.17) is 9.26 Å². The average Bonchev–Trinajstić information content (AvgIpc) is 3.54. The maximum atomic E-state index is 13.2. The van der Waals surface area contributed by atoms with Crippen molar-refractivity contribution in [3.8, 4) is 22.7 Å². The molecule has 5 rings (SSSR count). The summed E-state index contributed by atoms with van der Waals surface area (Å²) >= 11 is 0. The van der Waals surface area contributed by atoms with Crippen molar-refractivity contribution in [2.45, 2.75) is 6.04 Å². The van der Waals surface area contributed by atoms with Gasteiger partial charge in [0.25, 0.3) is 11.8 Å². The molecule has 1 aliphatic heterocycles. The zero-order chi connectivity index (χ0) is 20.5. The van der Waals surface area contributed by atoms with Gasteiger partial charge in [0, 0.05) is 25.4 Å². The molecule has 4 aromatic rings. The summed E-state index contributed by atoms with van der Waals surface area (Å²) in [5, 5.41) is 15.3. The monoisotopic (exact) mass is 405 g/mol. The maximum absolute atomic E-state index is 13.2. The third kappa shape index (κ3) is 3.37. The molecule has 0 aliphatic carbocycles. The summed E-state index contributed by atoms with van der Waals surface area (Å²) in [6, 6.07) is 11.0. The van der Waals surface area contributed by atoms with Gasteiger partial charge in [0.2, 0.25) is 0 Å². The molecule has 1 fully saturated rings. The van der Waals surface area contributed by atoms with Gasteiger partial charge in [-0.2, -0.15) is 15.2 Å². The van der Waals surface area contributed by atoms with E-state index < -0.39 is 6.04 Å². The normalized spacial score (nSPS) is 16.7. The molecule has 0 saturated carbocycles. The molecule has 0 spiro atoms. The van der Waals surface area contributed by atoms with Crippen LogP contribution < -0.4 is 0 Å². The Hall–Kier alpha value is -3.79. The van der Waals surface area contributed by atoms with E-state index in [0.717, 1.165) is 5.56 Å². The van der Waals surface area contributed by atoms with Crippen molar-refractivity contribution in [3.05, 3.63) is 60.3 Å². The average molecular weight is 405 g/mol. The molecule has 30 heavy (non-hydrogen) atoms. The summed E-state index contributed by atoms with van der Waals surface area (Å²) in [7, 11) is 1.81. The minimum absolute atomic E-state index is 0.189. The van der Waals surface area contributed by atoms with E-state index in [1.165, 1.54) is 0 Å². The van der Waals surface area contributed by atoms with Gasteiger partial charge in [0.15, 0.2) is 5.82 Å². The van der Waals surface area contributed by atoms with Gasteiger partial charge in [-0.3, -0.25) is 14.6 Å². The van der Waals surface area contributed by atoms with Crippen molar-refractivity contribution in [2.24, 2.45) is 7.05 Å². The van der Waals surface area contributed by atoms with E-state index in [1.54, 1.807) is 28.0 Å². The third-order valence-electron chi connectivity index (χ3n) is 4.96. The van der Waals surface area contributed by atoms with Crippen molar-refractivity contribution < 1.29 is 14.1 Å². The summed E-state index contributed by atoms with van der Waals surface area (Å²) in [6.45, 7) is 1.15. The zero-order valence-electron chi connectivity index (χ0n) is 16.2. The molecule has 1 saturated heterocycles. The van der Waals surface area contributed by atoms with Gasteiger partial charge in [-0.1, -0.05) is 35.5 Å². The number of carbonyl (C=O) groups excluding carboxylic acids is 1. The molecular weight excluding hydrogens is 386 g/mol. The molecule has 0 radical (unpaired) electrons. The zero-order valence-corrected chi connectivity index (χ0v) is 16.2. The van der Waals surface area contributed by atoms with E-state index in [0.29, 0.717) is 41.8 Å². The summed E-state index contributed by atoms with van der Waals surface area (Å²) in [6.07, 6.45) is 3.43. The predicted octanol–water partition coefficient (Wildman–Crippen LogP) is 2.07. The van der Waals surface area contributed by atoms with Gasteiger partial charge in [-0.25, -0.2) is 0 Å². The second-order valence-electron chi connectivity index (χ2n) is 6.98. The van der Waals surface area contributed by atoms with Crippen LogP contribution >= 0.6 is 0 Å². The largest absolute Gasteiger partial charge is 0.377 e. The van der Waals surface area contributed by atoms with Crippen LogP contribution in [-0.4, -0.2) is 60.7 Å². The van der Waals surface area contributed by atoms with Crippen molar-refractivity contribution in [1.29, 1.82) is 0 Å². The lowest BCUT2D eigenvalue weighted by atomic mass is 10.1. The minimum atomic E-state index is -0.455. The van der Waals surface area contributed by atoms with Gasteiger partial charge in [0.05, 0.1) is 30.7 Å². The highest BCUT2D eigenvalue weighted by Crippen LogP contribution is 2.27. The highest BCUT2D eigenvalue weighted by Gasteiger charge is 2.34. The molecule has 1 aliphatic rings. The fourth-order valence-electron chi connectivity index (χ4n) is 3.42. The first-order chi connectivity index (χ1) is 14.7. The number of amides is 1. The fourth-order valence-corrected chi connectivity index (χ4v) is 3.42. The molecule has 3 aromatic heterocycles. The predicted molar refractivity (Wildman–Crippen MR) is 105 cm³/mol. The number of hydrogen-bond donors (Lipinski definition) is 1. The molecule has 1 N–H and O–H groups in total. The van der Waals surface area contributed by atoms with Gasteiger partial charge in [0.1, 0.15) is 11.7 Å². The number of morpholine rings is 1. The summed E-state index contributed by atoms with van der Waals surface area (Å²) in [5.41, 5.74) is 2.76. The fraction of sp³-hybridized carbons (Fsp3) is 0.250. The van der Waals surface area contributed by atoms with Crippen molar-refractivity contribution in [1.82, 2.24) is 35.0 Å². The Kier molecular flexibility index (Phi) is 4.60. The lowest BCUT2D eigenvalue weighted by Crippen LogP contribution is -2.44. The van der Waals surface area contributed by atoms with E-state index in [2.05, 4.69) is 25.4 Å². The highest BCUT2D eigenvalue weighted by atomic mass is 16.5. The van der Waals surface area contributed by atoms with Gasteiger partial charge in [-0.15, -0.1) is 0 Å². The van der Waals surface area contributed by atoms with Gasteiger partial charge >= 0.3 is 0 Å². The second kappa shape index (κ2) is 7.56. The minimum Gasteiger partial charge on any atom is -0.377 e. The Morgan fingerprint density at radius 2 is 2.10 bits per heavy atom. The number of H-pyrrole nitrogens is 1. The first-order valence-corrected chi connectivity index (χ1v) is 9.51. The van der Waals surface area contributed by atoms with Crippen LogP contribution in [0.3, 0.4) is 0 Å². The van der Waals surface area contributed by atoms with E-state index in [-0.39, 0.29) is 12.5 Å². The van der Waals surface area contributed by atoms with Crippen molar-refractivity contribution in [2.75, 3.05) is 19.8 Å². The molecule has 1 amide bonds. The van der Waals surface area contributed by atoms with E-state index in [1.807, 2.05) is 37.4 Å². The number of nitrogens with one attached hydrogen (secondary N) is 1. The Bertz CT molecular complexity index is 1160. The van der Waals surface area contributed by atoms with Gasteiger partial charge in [-0.05, 0) is 6.07 Å². The van der Waals surface area contributed by atoms with Crippen molar-refractivity contribution >= 4 is 5.91 Å². The lowest BCUT2D eigenvalue weighted by molar-refractivity contribution is -0.00607. The van der Waals surface area contributed by atoms with Crippen molar-refractivity contribution in [3.63, 3.8) is 0 Å². The number of ether oxygens (including phenoxy) is 1. The Morgan fingerprint density at radius 1 is 1.23 bits per heavy atom. The Labute approximate surface area is 171 Å². The van der Waals surface area contributed by atoms with Crippen LogP contribution in [0.4, 0.5) is 0 Å². The van der Waals surface area contributed by atoms with E-state index >= 15 is 0 Å². The molecule has 1 atom stereocenters. The highest BCUT2D eigenvalue weighted by molar-refractivity contribution is 5.93. The number of nitrogens with zero attached hydrogens (tertiary/aromatic N) is 6. The second-order valence-corrected chi connectivity index (χ2v) is 6.98. The maximum Gasteiger partial charge on any atom is 0.272 e. The topological polar surface area (TPSA) is 115 Å². The quantitative estimate of drug-likeness (QED) is 0.553. The van der Waals surface area contributed by atoms with Crippen LogP contribution in [-0.2, 0) is 11.8 Å². The number of aryl methyl sites for hydroxylation is 1. The van der Waals surface area contributed by atoms with Crippen LogP contribution in [0.15, 0.2) is 53.3 Å². The standard InChI is InChI=1S/C20H19N7O3/c1-26-11-14(10-21-26)19-22-18(25-30-19)17-12-29-8-7-27(17)20(28)16-9-15(23-24-16)13-5-3-2-4-6-13/h2-6,9-11,17H,7-8,12H2,1H3,(H,23,24). The molecule has 10 heteroatoms. The molecule has 0 bridgehead atoms. The van der Waals surface area contributed by atoms with Crippen LogP contribution in [0.1, 0.15) is 22.4 Å². The number of aromatic amines is 1. The van der Waals surface area contributed by atoms with E-state index in [9.17, 15) is 4.79 Å². The SMILES string of the molecule is Cn1cc(-c2nc(C3COCCN3C(=O)c3cc(-c4ccccc4)n[nH]3)no2)cn1. The summed E-state index contributed by atoms with van der Waals surface area (Å²) < 4.78 is 12.6. The third-order valence-corrected chi connectivity index (χ3v) is 4.96. The number of rotatable bonds is 4. The first-order valence-electron chi connectivity index (χ1n) is 9.51. The molecule has 1 aromatic carbocycles. The van der Waals surface area contributed by atoms with Gasteiger partial charge < -0.3 is 14.2 Å². The number of aromatic nitrogens is 6. The summed E-state index contributed by atoms with van der Waals surface area (Å²) in [4.78, 5) is 19.4. The lowest BCUT2D eigenvalue weighted by Gasteiger charge is -2.33. The van der Waals surface area contributed by atoms with Crippen LogP contribution in [0.25, 0.3) is 22.7 Å². The molecular formula is C20H19N7O3. The summed E-state index contributed by atoms with van der Waals surface area (Å²) in [5.74, 6) is 0.555. The van der Waals surface area contributed by atoms with Crippen LogP contribution in [0, 0.1) is 0 Å². The first kappa shape index (κ1) is 18.3. The number of benzene rings is 1. The van der Waals surface area contributed by atoms with Crippen LogP contribution in [0.2, 0.25) is 0 Å². The number of hydrogen-bond acceptors (Lipinski definition) is 7. The smallest absolute Gasteiger partial charge is 0.272 e. The molecule has 4 heterocycles. The van der Waals surface area contributed by atoms with Crippen LogP contribution in [0.5, 0.6) is 0 Å². The Morgan fingerprint density at radius 3 is 2.90 bits per heavy atom. The number of carbonyl (C=O) groups is 1. The Balaban J connectivity index is 1.40.